The Hall–Kier alpha value is -4.13. The Morgan fingerprint density at radius 2 is 1.24 bits per heavy atom. The molecule has 0 aliphatic heterocycles. The van der Waals surface area contributed by atoms with Gasteiger partial charge in [0, 0.05) is 20.2 Å². The Morgan fingerprint density at radius 1 is 0.804 bits per heavy atom. The van der Waals surface area contributed by atoms with Gasteiger partial charge in [-0.1, -0.05) is 75.1 Å². The fraction of sp³-hybridized carbons (Fsp3) is 0.500. The molecule has 0 saturated heterocycles. The Balaban J connectivity index is 1.83. The number of rotatable bonds is 9. The fourth-order valence-corrected chi connectivity index (χ4v) is 6.81. The van der Waals surface area contributed by atoms with Crippen LogP contribution in [-0.4, -0.2) is 52.9 Å². The molecule has 46 heavy (non-hydrogen) atoms. The van der Waals surface area contributed by atoms with E-state index in [1.807, 2.05) is 0 Å². The summed E-state index contributed by atoms with van der Waals surface area (Å²) in [6.07, 6.45) is 7.18. The SMILES string of the molecule is CNC(=O)N(C(=O)C(CC1CCCC1)c1ccc(F)c(F)c1)N(C(=O)NC)C(=O)C(CC1CCCC1)c1ccc(Cl)c([N+](=O)[O-])c1. The molecule has 11 nitrogen and oxygen atoms in total. The fourth-order valence-electron chi connectivity index (χ4n) is 6.62. The second-order valence-corrected chi connectivity index (χ2v) is 12.3. The van der Waals surface area contributed by atoms with E-state index in [0.717, 1.165) is 69.6 Å². The summed E-state index contributed by atoms with van der Waals surface area (Å²) in [4.78, 5) is 67.0. The Morgan fingerprint density at radius 3 is 1.65 bits per heavy atom. The Labute approximate surface area is 270 Å². The minimum atomic E-state index is -1.21. The molecule has 2 fully saturated rings. The summed E-state index contributed by atoms with van der Waals surface area (Å²) < 4.78 is 28.4. The summed E-state index contributed by atoms with van der Waals surface area (Å²) in [7, 11) is 2.44. The highest BCUT2D eigenvalue weighted by molar-refractivity contribution is 6.32. The number of hydrazine groups is 1. The molecule has 2 aliphatic rings. The van der Waals surface area contributed by atoms with Crippen LogP contribution in [0.3, 0.4) is 0 Å². The number of nitrogens with zero attached hydrogens (tertiary/aromatic N) is 3. The number of carbonyl (C=O) groups excluding carboxylic acids is 4. The third-order valence-corrected chi connectivity index (χ3v) is 9.35. The molecule has 2 aromatic carbocycles. The standard InChI is InChI=1S/C32H38ClF2N5O6/c1-36-31(43)38(29(41)23(15-19-7-3-4-8-19)21-12-14-26(34)27(35)17-21)39(32(44)37-2)30(42)24(16-20-9-5-6-10-20)22-11-13-25(33)28(18-22)40(45)46/h11-14,17-20,23-24H,3-10,15-16H2,1-2H3,(H,36,43)(H,37,44). The number of imide groups is 2. The molecule has 0 aromatic heterocycles. The number of halogens is 3. The molecule has 0 spiro atoms. The minimum Gasteiger partial charge on any atom is -0.339 e. The van der Waals surface area contributed by atoms with Crippen LogP contribution in [0.1, 0.15) is 87.2 Å². The van der Waals surface area contributed by atoms with E-state index < -0.39 is 58.0 Å². The van der Waals surface area contributed by atoms with E-state index >= 15 is 0 Å². The number of hydrogen-bond donors (Lipinski definition) is 2. The van der Waals surface area contributed by atoms with Gasteiger partial charge in [0.05, 0.1) is 16.8 Å². The maximum absolute atomic E-state index is 14.5. The molecule has 2 aliphatic carbocycles. The zero-order valence-corrected chi connectivity index (χ0v) is 26.5. The van der Waals surface area contributed by atoms with Gasteiger partial charge in [-0.2, -0.15) is 10.0 Å². The summed E-state index contributed by atoms with van der Waals surface area (Å²) in [6.45, 7) is 0. The highest BCUT2D eigenvalue weighted by atomic mass is 35.5. The van der Waals surface area contributed by atoms with Crippen molar-refractivity contribution < 1.29 is 32.9 Å². The van der Waals surface area contributed by atoms with Crippen LogP contribution in [-0.2, 0) is 9.59 Å². The molecule has 2 unspecified atom stereocenters. The second kappa shape index (κ2) is 15.4. The van der Waals surface area contributed by atoms with E-state index in [0.29, 0.717) is 10.0 Å². The van der Waals surface area contributed by atoms with Crippen molar-refractivity contribution in [3.63, 3.8) is 0 Å². The lowest BCUT2D eigenvalue weighted by Gasteiger charge is -2.36. The first-order chi connectivity index (χ1) is 22.0. The number of carbonyl (C=O) groups is 4. The number of nitro groups is 1. The van der Waals surface area contributed by atoms with E-state index in [9.17, 15) is 38.1 Å². The smallest absolute Gasteiger partial charge is 0.339 e. The van der Waals surface area contributed by atoms with Crippen molar-refractivity contribution in [2.45, 2.75) is 76.0 Å². The Bertz CT molecular complexity index is 1480. The summed E-state index contributed by atoms with van der Waals surface area (Å²) in [5, 5.41) is 17.0. The molecule has 2 aromatic rings. The van der Waals surface area contributed by atoms with Crippen molar-refractivity contribution in [3.8, 4) is 0 Å². The van der Waals surface area contributed by atoms with Crippen LogP contribution in [0.25, 0.3) is 0 Å². The van der Waals surface area contributed by atoms with E-state index in [2.05, 4.69) is 10.6 Å². The highest BCUT2D eigenvalue weighted by Gasteiger charge is 2.44. The van der Waals surface area contributed by atoms with Gasteiger partial charge in [0.2, 0.25) is 0 Å². The van der Waals surface area contributed by atoms with Crippen LogP contribution in [0, 0.1) is 33.6 Å². The summed E-state index contributed by atoms with van der Waals surface area (Å²) in [5.74, 6) is -6.57. The van der Waals surface area contributed by atoms with Crippen molar-refractivity contribution in [2.75, 3.05) is 14.1 Å². The molecule has 0 bridgehead atoms. The van der Waals surface area contributed by atoms with Gasteiger partial charge in [0.1, 0.15) is 5.02 Å². The zero-order chi connectivity index (χ0) is 33.5. The largest absolute Gasteiger partial charge is 0.343 e. The average Bonchev–Trinajstić information content (AvgIpc) is 3.76. The number of hydrogen-bond acceptors (Lipinski definition) is 6. The van der Waals surface area contributed by atoms with Crippen molar-refractivity contribution in [2.24, 2.45) is 11.8 Å². The van der Waals surface area contributed by atoms with Gasteiger partial charge in [0.25, 0.3) is 17.5 Å². The molecular formula is C32H38ClF2N5O6. The first-order valence-electron chi connectivity index (χ1n) is 15.5. The average molecular weight is 662 g/mol. The molecule has 0 radical (unpaired) electrons. The number of benzene rings is 2. The van der Waals surface area contributed by atoms with Gasteiger partial charge >= 0.3 is 12.1 Å². The molecule has 2 atom stereocenters. The van der Waals surface area contributed by atoms with Crippen molar-refractivity contribution >= 4 is 41.2 Å². The number of nitro benzene ring substituents is 1. The monoisotopic (exact) mass is 661 g/mol. The van der Waals surface area contributed by atoms with Crippen LogP contribution in [0.2, 0.25) is 5.02 Å². The number of urea groups is 2. The minimum absolute atomic E-state index is 0.0301. The third kappa shape index (κ3) is 7.80. The van der Waals surface area contributed by atoms with Gasteiger partial charge in [-0.25, -0.2) is 18.4 Å². The van der Waals surface area contributed by atoms with E-state index in [1.165, 1.54) is 32.3 Å². The van der Waals surface area contributed by atoms with E-state index in [4.69, 9.17) is 11.6 Å². The van der Waals surface area contributed by atoms with Gasteiger partial charge in [-0.15, -0.1) is 0 Å². The molecule has 2 N–H and O–H groups in total. The van der Waals surface area contributed by atoms with Crippen LogP contribution in [0.15, 0.2) is 36.4 Å². The predicted molar refractivity (Wildman–Crippen MR) is 166 cm³/mol. The molecular weight excluding hydrogens is 624 g/mol. The first kappa shape index (κ1) is 34.7. The van der Waals surface area contributed by atoms with Gasteiger partial charge in [0.15, 0.2) is 11.6 Å². The molecule has 14 heteroatoms. The summed E-state index contributed by atoms with van der Waals surface area (Å²) in [6, 6.07) is 4.71. The maximum atomic E-state index is 14.5. The lowest BCUT2D eigenvalue weighted by Crippen LogP contribution is -2.61. The zero-order valence-electron chi connectivity index (χ0n) is 25.8. The van der Waals surface area contributed by atoms with Crippen LogP contribution in [0.4, 0.5) is 24.1 Å². The van der Waals surface area contributed by atoms with Crippen LogP contribution < -0.4 is 10.6 Å². The lowest BCUT2D eigenvalue weighted by atomic mass is 9.86. The third-order valence-electron chi connectivity index (χ3n) is 9.03. The highest BCUT2D eigenvalue weighted by Crippen LogP contribution is 2.39. The van der Waals surface area contributed by atoms with Crippen LogP contribution >= 0.6 is 11.6 Å². The number of nitrogens with one attached hydrogen (secondary N) is 2. The number of amides is 6. The Kier molecular flexibility index (Phi) is 11.7. The van der Waals surface area contributed by atoms with E-state index in [-0.39, 0.29) is 40.8 Å². The normalized spacial score (nSPS) is 16.5. The summed E-state index contributed by atoms with van der Waals surface area (Å²) >= 11 is 6.06. The van der Waals surface area contributed by atoms with E-state index in [1.54, 1.807) is 0 Å². The van der Waals surface area contributed by atoms with Gasteiger partial charge in [-0.3, -0.25) is 19.7 Å². The first-order valence-corrected chi connectivity index (χ1v) is 15.8. The molecule has 0 heterocycles. The maximum Gasteiger partial charge on any atom is 0.343 e. The van der Waals surface area contributed by atoms with Crippen molar-refractivity contribution in [1.29, 1.82) is 0 Å². The second-order valence-electron chi connectivity index (χ2n) is 11.9. The van der Waals surface area contributed by atoms with Crippen molar-refractivity contribution in [3.05, 3.63) is 74.3 Å². The molecule has 4 rings (SSSR count). The summed E-state index contributed by atoms with van der Waals surface area (Å²) in [5.41, 5.74) is -0.164. The quantitative estimate of drug-likeness (QED) is 0.223. The van der Waals surface area contributed by atoms with Crippen LogP contribution in [0.5, 0.6) is 0 Å². The lowest BCUT2D eigenvalue weighted by molar-refractivity contribution is -0.384. The molecule has 248 valence electrons. The molecule has 6 amide bonds. The van der Waals surface area contributed by atoms with Gasteiger partial charge < -0.3 is 10.6 Å². The topological polar surface area (TPSA) is 142 Å². The van der Waals surface area contributed by atoms with Gasteiger partial charge in [-0.05, 0) is 54.0 Å². The molecule has 2 saturated carbocycles. The predicted octanol–water partition coefficient (Wildman–Crippen LogP) is 6.81. The van der Waals surface area contributed by atoms with Crippen molar-refractivity contribution in [1.82, 2.24) is 20.7 Å².